The molecule has 220 valence electrons. The van der Waals surface area contributed by atoms with Gasteiger partial charge in [0.05, 0.1) is 25.4 Å². The second kappa shape index (κ2) is 17.6. The summed E-state index contributed by atoms with van der Waals surface area (Å²) in [7, 11) is -0.00756. The van der Waals surface area contributed by atoms with Gasteiger partial charge >= 0.3 is 14.2 Å². The molecule has 0 bridgehead atoms. The number of hydrogen-bond donors (Lipinski definition) is 2. The zero-order chi connectivity index (χ0) is 29.5. The number of methoxy groups -OCH3 is 1. The molecule has 0 aliphatic carbocycles. The molecular weight excluding hydrogens is 552 g/mol. The minimum Gasteiger partial charge on any atom is -0.435 e. The Hall–Kier alpha value is -3.09. The molecular formula is C26H34F3N4O6P. The Kier molecular flexibility index (Phi) is 14.5. The number of carbonyl (C=O) groups is 1. The van der Waals surface area contributed by atoms with Gasteiger partial charge in [0.1, 0.15) is 24.0 Å². The van der Waals surface area contributed by atoms with Gasteiger partial charge in [-0.25, -0.2) is 23.1 Å². The summed E-state index contributed by atoms with van der Waals surface area (Å²) in [5.74, 6) is 0.651. The third-order valence-electron chi connectivity index (χ3n) is 5.34. The van der Waals surface area contributed by atoms with Gasteiger partial charge in [-0.1, -0.05) is 36.4 Å². The maximum absolute atomic E-state index is 14.6. The van der Waals surface area contributed by atoms with Gasteiger partial charge in [0.15, 0.2) is 6.23 Å². The number of aldehydes is 1. The van der Waals surface area contributed by atoms with Crippen molar-refractivity contribution < 1.29 is 36.5 Å². The molecule has 1 fully saturated rings. The van der Waals surface area contributed by atoms with E-state index in [1.807, 2.05) is 56.3 Å². The molecule has 3 aromatic rings. The van der Waals surface area contributed by atoms with Crippen LogP contribution in [-0.2, 0) is 18.8 Å². The Morgan fingerprint density at radius 3 is 2.55 bits per heavy atom. The summed E-state index contributed by atoms with van der Waals surface area (Å²) >= 11 is 0. The highest BCUT2D eigenvalue weighted by Crippen LogP contribution is 2.40. The van der Waals surface area contributed by atoms with E-state index in [0.717, 1.165) is 15.3 Å². The Morgan fingerprint density at radius 2 is 1.90 bits per heavy atom. The lowest BCUT2D eigenvalue weighted by atomic mass is 10.1. The number of nitrogens with two attached hydrogens (primary N) is 1. The first-order valence-corrected chi connectivity index (χ1v) is 13.5. The van der Waals surface area contributed by atoms with E-state index in [2.05, 4.69) is 10.1 Å². The molecule has 3 N–H and O–H groups in total. The van der Waals surface area contributed by atoms with Crippen LogP contribution in [0.15, 0.2) is 59.5 Å². The lowest BCUT2D eigenvalue weighted by molar-refractivity contribution is -0.106. The number of fused-ring (bicyclic) bond motifs is 1. The number of nitrogens with one attached hydrogen (secondary N) is 1. The molecule has 14 heteroatoms. The van der Waals surface area contributed by atoms with E-state index in [4.69, 9.17) is 24.3 Å². The molecule has 2 aromatic carbocycles. The predicted octanol–water partition coefficient (Wildman–Crippen LogP) is 4.64. The minimum absolute atomic E-state index is 0.0103. The van der Waals surface area contributed by atoms with E-state index in [-0.39, 0.29) is 25.4 Å². The van der Waals surface area contributed by atoms with Crippen LogP contribution in [-0.4, -0.2) is 61.4 Å². The van der Waals surface area contributed by atoms with Gasteiger partial charge in [0.25, 0.3) is 0 Å². The van der Waals surface area contributed by atoms with E-state index in [1.54, 1.807) is 7.11 Å². The zero-order valence-corrected chi connectivity index (χ0v) is 23.3. The van der Waals surface area contributed by atoms with E-state index in [0.29, 0.717) is 18.1 Å². The van der Waals surface area contributed by atoms with Gasteiger partial charge in [-0.15, -0.1) is 0 Å². The number of benzene rings is 2. The van der Waals surface area contributed by atoms with Crippen molar-refractivity contribution in [2.45, 2.75) is 44.9 Å². The quantitative estimate of drug-likeness (QED) is 0.258. The van der Waals surface area contributed by atoms with Gasteiger partial charge < -0.3 is 29.0 Å². The van der Waals surface area contributed by atoms with Crippen LogP contribution < -0.4 is 21.0 Å². The maximum atomic E-state index is 14.6. The van der Waals surface area contributed by atoms with Crippen molar-refractivity contribution in [2.75, 3.05) is 32.9 Å². The van der Waals surface area contributed by atoms with Gasteiger partial charge in [-0.3, -0.25) is 4.57 Å². The maximum Gasteiger partial charge on any atom is 0.351 e. The number of hydrogen-bond acceptors (Lipinski definition) is 9. The summed E-state index contributed by atoms with van der Waals surface area (Å²) in [5, 5.41) is 4.80. The molecule has 4 rings (SSSR count). The van der Waals surface area contributed by atoms with Crippen LogP contribution in [0.4, 0.5) is 19.0 Å². The highest BCUT2D eigenvalue weighted by atomic mass is 31.2. The highest BCUT2D eigenvalue weighted by molar-refractivity contribution is 7.45. The first-order valence-electron chi connectivity index (χ1n) is 12.3. The molecule has 2 heterocycles. The smallest absolute Gasteiger partial charge is 0.351 e. The molecule has 10 nitrogen and oxygen atoms in total. The first kappa shape index (κ1) is 33.1. The number of nitrogen functional groups attached to an aromatic ring is 1. The van der Waals surface area contributed by atoms with E-state index in [1.165, 1.54) is 12.3 Å². The second-order valence-corrected chi connectivity index (χ2v) is 9.75. The van der Waals surface area contributed by atoms with Gasteiger partial charge in [0, 0.05) is 25.1 Å². The van der Waals surface area contributed by atoms with Gasteiger partial charge in [-0.2, -0.15) is 4.98 Å². The number of ether oxygens (including phenoxy) is 2. The summed E-state index contributed by atoms with van der Waals surface area (Å²) in [6, 6.07) is 14.8. The van der Waals surface area contributed by atoms with Crippen LogP contribution in [0, 0.1) is 0 Å². The Labute approximate surface area is 231 Å². The first-order chi connectivity index (χ1) is 19.2. The van der Waals surface area contributed by atoms with E-state index >= 15 is 0 Å². The van der Waals surface area contributed by atoms with Crippen molar-refractivity contribution in [1.29, 1.82) is 0 Å². The molecule has 1 aromatic heterocycles. The Balaban J connectivity index is 0.000000621. The van der Waals surface area contributed by atoms with Crippen LogP contribution in [0.1, 0.15) is 26.5 Å². The number of aromatic nitrogens is 2. The number of rotatable bonds is 10. The van der Waals surface area contributed by atoms with Crippen molar-refractivity contribution in [2.24, 2.45) is 0 Å². The van der Waals surface area contributed by atoms with Crippen LogP contribution >= 0.6 is 8.53 Å². The molecule has 0 amide bonds. The molecule has 0 radical (unpaired) electrons. The summed E-state index contributed by atoms with van der Waals surface area (Å²) < 4.78 is 57.2. The molecule has 1 aliphatic rings. The number of carbonyl (C=O) groups excluding carboxylic acids is 1. The van der Waals surface area contributed by atoms with Crippen LogP contribution in [0.2, 0.25) is 0 Å². The number of alkyl halides is 3. The molecule has 0 spiro atoms. The SMILES string of the molecule is COC(C)C.FCF.Nc1ccn(C2OC(COP(NCC=O)Oc3cccc4ccccc34)CC2F)c(=O)n1. The predicted molar refractivity (Wildman–Crippen MR) is 147 cm³/mol. The lowest BCUT2D eigenvalue weighted by Gasteiger charge is -2.21. The fourth-order valence-corrected chi connectivity index (χ4v) is 4.48. The van der Waals surface area contributed by atoms with Crippen LogP contribution in [0.25, 0.3) is 10.8 Å². The van der Waals surface area contributed by atoms with Gasteiger partial charge in [-0.05, 0) is 31.4 Å². The molecule has 1 saturated heterocycles. The van der Waals surface area contributed by atoms with E-state index in [9.17, 15) is 22.8 Å². The molecule has 0 saturated carbocycles. The summed E-state index contributed by atoms with van der Waals surface area (Å²) in [5.41, 5.74) is 4.80. The van der Waals surface area contributed by atoms with Crippen molar-refractivity contribution in [3.63, 3.8) is 0 Å². The van der Waals surface area contributed by atoms with Crippen LogP contribution in [0.3, 0.4) is 0 Å². The fourth-order valence-electron chi connectivity index (χ4n) is 3.40. The third kappa shape index (κ3) is 10.5. The Bertz CT molecular complexity index is 1230. The number of nitrogens with zero attached hydrogens (tertiary/aromatic N) is 2. The number of halogens is 3. The summed E-state index contributed by atoms with van der Waals surface area (Å²) in [6.07, 6.45) is -0.670. The van der Waals surface area contributed by atoms with E-state index < -0.39 is 39.6 Å². The highest BCUT2D eigenvalue weighted by Gasteiger charge is 2.38. The zero-order valence-electron chi connectivity index (χ0n) is 22.4. The van der Waals surface area contributed by atoms with Crippen molar-refractivity contribution in [1.82, 2.24) is 14.6 Å². The fraction of sp³-hybridized carbons (Fsp3) is 0.423. The minimum atomic E-state index is -1.75. The van der Waals surface area contributed by atoms with Gasteiger partial charge in [0.2, 0.25) is 6.93 Å². The third-order valence-corrected chi connectivity index (χ3v) is 6.53. The second-order valence-electron chi connectivity index (χ2n) is 8.48. The monoisotopic (exact) mass is 586 g/mol. The average Bonchev–Trinajstić information content (AvgIpc) is 3.31. The Morgan fingerprint density at radius 1 is 1.23 bits per heavy atom. The molecule has 4 unspecified atom stereocenters. The van der Waals surface area contributed by atoms with Crippen molar-refractivity contribution >= 4 is 31.4 Å². The topological polar surface area (TPSA) is 127 Å². The molecule has 4 atom stereocenters. The van der Waals surface area contributed by atoms with Crippen molar-refractivity contribution in [3.05, 3.63) is 65.2 Å². The normalized spacial score (nSPS) is 18.8. The molecule has 40 heavy (non-hydrogen) atoms. The molecule has 1 aliphatic heterocycles. The number of anilines is 1. The average molecular weight is 587 g/mol. The van der Waals surface area contributed by atoms with Crippen molar-refractivity contribution in [3.8, 4) is 5.75 Å². The lowest BCUT2D eigenvalue weighted by Crippen LogP contribution is -2.30. The summed E-state index contributed by atoms with van der Waals surface area (Å²) in [4.78, 5) is 26.5. The standard InChI is InChI=1S/C21H22FN4O5P.C4H10O.CH2F2/c22-17-12-15(30-20(17)26-10-8-19(23)25-21(26)28)13-29-32(24-9-11-27)31-18-7-3-5-14-4-1-2-6-16(14)18;1-4(2)5-3;2-1-3/h1-8,10-11,15,17,20,24H,9,12-13H2,(H2,23,25,28);4H,1-3H3;1H2. The summed E-state index contributed by atoms with van der Waals surface area (Å²) in [6.45, 7) is 2.29. The largest absolute Gasteiger partial charge is 0.435 e. The van der Waals surface area contributed by atoms with Crippen LogP contribution in [0.5, 0.6) is 5.75 Å².